The summed E-state index contributed by atoms with van der Waals surface area (Å²) in [6, 6.07) is 7.99. The number of nitro groups is 2. The standard InChI is InChI=1S/C14H12N2O7P/c1-9-3-5-11(7-13(9)15(17)18)22-24(21)23-12-6-4-10(2)14(8-12)16(19)20/h3-8H,1-2H3/q+1. The van der Waals surface area contributed by atoms with Gasteiger partial charge in [-0.1, -0.05) is 0 Å². The van der Waals surface area contributed by atoms with Crippen molar-refractivity contribution >= 4 is 19.6 Å². The Morgan fingerprint density at radius 3 is 1.54 bits per heavy atom. The van der Waals surface area contributed by atoms with Crippen molar-refractivity contribution in [3.63, 3.8) is 0 Å². The Hall–Kier alpha value is -3.06. The summed E-state index contributed by atoms with van der Waals surface area (Å²) >= 11 is 0. The van der Waals surface area contributed by atoms with E-state index in [9.17, 15) is 24.8 Å². The van der Waals surface area contributed by atoms with E-state index in [2.05, 4.69) is 0 Å². The molecule has 2 rings (SSSR count). The highest BCUT2D eigenvalue weighted by molar-refractivity contribution is 7.34. The normalized spacial score (nSPS) is 10.1. The molecule has 0 amide bonds. The minimum absolute atomic E-state index is 0.00461. The molecule has 0 aliphatic heterocycles. The highest BCUT2D eigenvalue weighted by Gasteiger charge is 2.27. The van der Waals surface area contributed by atoms with E-state index in [0.717, 1.165) is 12.1 Å². The van der Waals surface area contributed by atoms with Gasteiger partial charge in [-0.05, 0) is 38.1 Å². The number of rotatable bonds is 6. The van der Waals surface area contributed by atoms with Gasteiger partial charge in [0.25, 0.3) is 11.4 Å². The van der Waals surface area contributed by atoms with Crippen LogP contribution in [-0.2, 0) is 4.57 Å². The summed E-state index contributed by atoms with van der Waals surface area (Å²) < 4.78 is 21.9. The first-order valence-corrected chi connectivity index (χ1v) is 7.70. The molecule has 0 bridgehead atoms. The molecule has 0 N–H and O–H groups in total. The summed E-state index contributed by atoms with van der Waals surface area (Å²) in [5, 5.41) is 21.7. The van der Waals surface area contributed by atoms with Crippen molar-refractivity contribution in [1.82, 2.24) is 0 Å². The number of hydrogen-bond donors (Lipinski definition) is 0. The van der Waals surface area contributed by atoms with Gasteiger partial charge in [0.05, 0.1) is 22.0 Å². The predicted octanol–water partition coefficient (Wildman–Crippen LogP) is 4.24. The van der Waals surface area contributed by atoms with E-state index in [4.69, 9.17) is 9.05 Å². The van der Waals surface area contributed by atoms with Crippen molar-refractivity contribution < 1.29 is 23.5 Å². The summed E-state index contributed by atoms with van der Waals surface area (Å²) in [4.78, 5) is 20.6. The van der Waals surface area contributed by atoms with E-state index in [-0.39, 0.29) is 22.9 Å². The monoisotopic (exact) mass is 351 g/mol. The molecule has 10 heteroatoms. The molecule has 24 heavy (non-hydrogen) atoms. The number of nitrogens with zero attached hydrogens (tertiary/aromatic N) is 2. The lowest BCUT2D eigenvalue weighted by Gasteiger charge is -1.99. The first kappa shape index (κ1) is 17.3. The summed E-state index contributed by atoms with van der Waals surface area (Å²) in [7, 11) is -2.71. The van der Waals surface area contributed by atoms with E-state index >= 15 is 0 Å². The minimum Gasteiger partial charge on any atom is -0.258 e. The maximum Gasteiger partial charge on any atom is 0.805 e. The zero-order chi connectivity index (χ0) is 17.9. The van der Waals surface area contributed by atoms with E-state index in [1.165, 1.54) is 24.3 Å². The maximum absolute atomic E-state index is 11.9. The Labute approximate surface area is 137 Å². The number of benzene rings is 2. The first-order valence-electron chi connectivity index (χ1n) is 6.61. The molecule has 0 saturated carbocycles. The van der Waals surface area contributed by atoms with Gasteiger partial charge in [0, 0.05) is 15.7 Å². The maximum atomic E-state index is 11.9. The molecule has 0 saturated heterocycles. The van der Waals surface area contributed by atoms with E-state index < -0.39 is 18.1 Å². The smallest absolute Gasteiger partial charge is 0.258 e. The summed E-state index contributed by atoms with van der Waals surface area (Å²) in [6.07, 6.45) is 0. The average Bonchev–Trinajstić information content (AvgIpc) is 2.50. The zero-order valence-electron chi connectivity index (χ0n) is 12.7. The summed E-state index contributed by atoms with van der Waals surface area (Å²) in [5.74, 6) is -0.00922. The largest absolute Gasteiger partial charge is 0.805 e. The minimum atomic E-state index is -2.71. The van der Waals surface area contributed by atoms with Crippen LogP contribution in [0.3, 0.4) is 0 Å². The second-order valence-electron chi connectivity index (χ2n) is 4.82. The quantitative estimate of drug-likeness (QED) is 0.433. The van der Waals surface area contributed by atoms with Crippen molar-refractivity contribution in [3.05, 3.63) is 67.8 Å². The lowest BCUT2D eigenvalue weighted by molar-refractivity contribution is -0.385. The molecular formula is C14H12N2O7P+. The fraction of sp³-hybridized carbons (Fsp3) is 0.143. The SMILES string of the molecule is Cc1ccc(O[P+](=O)Oc2ccc(C)c([N+](=O)[O-])c2)cc1[N+](=O)[O-]. The predicted molar refractivity (Wildman–Crippen MR) is 84.5 cm³/mol. The van der Waals surface area contributed by atoms with Crippen molar-refractivity contribution in [1.29, 1.82) is 0 Å². The molecule has 9 nitrogen and oxygen atoms in total. The lowest BCUT2D eigenvalue weighted by Crippen LogP contribution is -1.95. The molecule has 2 aromatic rings. The molecular weight excluding hydrogens is 339 g/mol. The molecule has 0 spiro atoms. The summed E-state index contributed by atoms with van der Waals surface area (Å²) in [5.41, 5.74) is 0.499. The lowest BCUT2D eigenvalue weighted by atomic mass is 10.2. The van der Waals surface area contributed by atoms with Crippen LogP contribution in [0.25, 0.3) is 0 Å². The van der Waals surface area contributed by atoms with Crippen molar-refractivity contribution in [2.75, 3.05) is 0 Å². The van der Waals surface area contributed by atoms with Crippen LogP contribution in [0, 0.1) is 34.1 Å². The van der Waals surface area contributed by atoms with Gasteiger partial charge in [-0.2, -0.15) is 0 Å². The van der Waals surface area contributed by atoms with Crippen molar-refractivity contribution in [3.8, 4) is 11.5 Å². The van der Waals surface area contributed by atoms with Gasteiger partial charge in [-0.3, -0.25) is 20.2 Å². The van der Waals surface area contributed by atoms with Gasteiger partial charge >= 0.3 is 8.25 Å². The van der Waals surface area contributed by atoms with Crippen molar-refractivity contribution in [2.45, 2.75) is 13.8 Å². The molecule has 0 aliphatic rings. The fourth-order valence-electron chi connectivity index (χ4n) is 1.88. The zero-order valence-corrected chi connectivity index (χ0v) is 13.6. The topological polar surface area (TPSA) is 122 Å². The fourth-order valence-corrected chi connectivity index (χ4v) is 2.48. The van der Waals surface area contributed by atoms with Crippen LogP contribution in [0.1, 0.15) is 11.1 Å². The Balaban J connectivity index is 2.14. The van der Waals surface area contributed by atoms with Gasteiger partial charge in [0.1, 0.15) is 0 Å². The Bertz CT molecular complexity index is 770. The van der Waals surface area contributed by atoms with Crippen LogP contribution in [0.15, 0.2) is 36.4 Å². The number of hydrogen-bond acceptors (Lipinski definition) is 7. The number of aryl methyl sites for hydroxylation is 2. The van der Waals surface area contributed by atoms with Crippen molar-refractivity contribution in [2.24, 2.45) is 0 Å². The molecule has 124 valence electrons. The molecule has 0 atom stereocenters. The third-order valence-corrected chi connectivity index (χ3v) is 3.83. The van der Waals surface area contributed by atoms with E-state index in [1.807, 2.05) is 0 Å². The van der Waals surface area contributed by atoms with Crippen LogP contribution < -0.4 is 9.05 Å². The molecule has 0 aromatic heterocycles. The van der Waals surface area contributed by atoms with Crippen LogP contribution in [0.2, 0.25) is 0 Å². The molecule has 0 unspecified atom stereocenters. The van der Waals surface area contributed by atoms with Gasteiger partial charge in [-0.25, -0.2) is 9.05 Å². The second kappa shape index (κ2) is 7.01. The highest BCUT2D eigenvalue weighted by Crippen LogP contribution is 2.34. The van der Waals surface area contributed by atoms with Gasteiger partial charge < -0.3 is 0 Å². The first-order chi connectivity index (χ1) is 11.3. The molecule has 0 heterocycles. The summed E-state index contributed by atoms with van der Waals surface area (Å²) in [6.45, 7) is 3.12. The molecule has 2 aromatic carbocycles. The highest BCUT2D eigenvalue weighted by atomic mass is 31.1. The van der Waals surface area contributed by atoms with Gasteiger partial charge in [-0.15, -0.1) is 0 Å². The third kappa shape index (κ3) is 4.02. The molecule has 0 aliphatic carbocycles. The van der Waals surface area contributed by atoms with Gasteiger partial charge in [0.2, 0.25) is 0 Å². The Kier molecular flexibility index (Phi) is 5.05. The van der Waals surface area contributed by atoms with E-state index in [1.54, 1.807) is 13.8 Å². The second-order valence-corrected chi connectivity index (χ2v) is 5.63. The third-order valence-electron chi connectivity index (χ3n) is 3.11. The van der Waals surface area contributed by atoms with Crippen LogP contribution in [0.4, 0.5) is 11.4 Å². The van der Waals surface area contributed by atoms with Crippen LogP contribution in [-0.4, -0.2) is 9.85 Å². The van der Waals surface area contributed by atoms with Crippen LogP contribution in [0.5, 0.6) is 11.5 Å². The number of nitro benzene ring substituents is 2. The van der Waals surface area contributed by atoms with E-state index in [0.29, 0.717) is 11.1 Å². The average molecular weight is 351 g/mol. The Morgan fingerprint density at radius 2 is 1.21 bits per heavy atom. The molecule has 0 radical (unpaired) electrons. The molecule has 0 fully saturated rings. The Morgan fingerprint density at radius 1 is 0.833 bits per heavy atom. The van der Waals surface area contributed by atoms with Gasteiger partial charge in [0.15, 0.2) is 11.5 Å². The van der Waals surface area contributed by atoms with Crippen LogP contribution >= 0.6 is 8.25 Å².